The second kappa shape index (κ2) is 11.4. The second-order valence-electron chi connectivity index (χ2n) is 7.97. The summed E-state index contributed by atoms with van der Waals surface area (Å²) in [6.45, 7) is 3.98. The summed E-state index contributed by atoms with van der Waals surface area (Å²) in [6, 6.07) is 9.70. The molecule has 36 heavy (non-hydrogen) atoms. The predicted molar refractivity (Wildman–Crippen MR) is 143 cm³/mol. The maximum atomic E-state index is 12.7. The van der Waals surface area contributed by atoms with E-state index in [9.17, 15) is 19.7 Å². The Morgan fingerprint density at radius 2 is 1.97 bits per heavy atom. The number of morpholine rings is 1. The van der Waals surface area contributed by atoms with Crippen LogP contribution in [0.15, 0.2) is 36.4 Å². The number of hydrogen-bond donors (Lipinski definition) is 3. The number of anilines is 3. The van der Waals surface area contributed by atoms with Crippen LogP contribution in [-0.2, 0) is 9.53 Å². The maximum absolute atomic E-state index is 12.7. The first-order chi connectivity index (χ1) is 17.3. The van der Waals surface area contributed by atoms with Gasteiger partial charge in [0.25, 0.3) is 11.6 Å². The molecule has 0 radical (unpaired) electrons. The SMILES string of the molecule is CCCC(=O)Nc1nc2ccc(NC(=S)NC(=O)c3ccc(N4CCOCC4)c([N+](=O)[O-])c3)cc2s1. The third kappa shape index (κ3) is 6.11. The molecular weight excluding hydrogens is 504 g/mol. The molecule has 11 nitrogen and oxygen atoms in total. The third-order valence-electron chi connectivity index (χ3n) is 5.38. The van der Waals surface area contributed by atoms with Gasteiger partial charge in [-0.15, -0.1) is 0 Å². The number of thiocarbonyl (C=S) groups is 1. The van der Waals surface area contributed by atoms with Gasteiger partial charge in [0.05, 0.1) is 28.4 Å². The van der Waals surface area contributed by atoms with E-state index in [1.807, 2.05) is 17.9 Å². The number of fused-ring (bicyclic) bond motifs is 1. The zero-order valence-electron chi connectivity index (χ0n) is 19.4. The topological polar surface area (TPSA) is 139 Å². The molecule has 0 aliphatic carbocycles. The van der Waals surface area contributed by atoms with Crippen molar-refractivity contribution in [1.29, 1.82) is 0 Å². The number of nitrogens with one attached hydrogen (secondary N) is 3. The summed E-state index contributed by atoms with van der Waals surface area (Å²) in [5, 5.41) is 20.5. The first-order valence-corrected chi connectivity index (χ1v) is 12.5. The van der Waals surface area contributed by atoms with Crippen molar-refractivity contribution in [3.63, 3.8) is 0 Å². The number of rotatable bonds is 7. The molecule has 0 bridgehead atoms. The van der Waals surface area contributed by atoms with Crippen molar-refractivity contribution in [2.24, 2.45) is 0 Å². The lowest BCUT2D eigenvalue weighted by atomic mass is 10.1. The number of nitro groups is 1. The maximum Gasteiger partial charge on any atom is 0.293 e. The number of amides is 2. The van der Waals surface area contributed by atoms with E-state index in [1.54, 1.807) is 18.2 Å². The van der Waals surface area contributed by atoms with E-state index in [0.717, 1.165) is 16.6 Å². The number of nitro benzene ring substituents is 1. The molecule has 1 saturated heterocycles. The summed E-state index contributed by atoms with van der Waals surface area (Å²) in [7, 11) is 0. The normalized spacial score (nSPS) is 13.3. The summed E-state index contributed by atoms with van der Waals surface area (Å²) in [4.78, 5) is 42.0. The van der Waals surface area contributed by atoms with Gasteiger partial charge in [-0.2, -0.15) is 0 Å². The van der Waals surface area contributed by atoms with Gasteiger partial charge in [-0.05, 0) is 49.0 Å². The number of nitrogens with zero attached hydrogens (tertiary/aromatic N) is 3. The fourth-order valence-corrected chi connectivity index (χ4v) is 4.82. The Kier molecular flexibility index (Phi) is 8.03. The molecule has 2 heterocycles. The molecule has 0 spiro atoms. The van der Waals surface area contributed by atoms with Gasteiger partial charge in [-0.1, -0.05) is 18.3 Å². The average Bonchev–Trinajstić information content (AvgIpc) is 3.25. The Morgan fingerprint density at radius 3 is 2.69 bits per heavy atom. The summed E-state index contributed by atoms with van der Waals surface area (Å²) in [6.07, 6.45) is 1.18. The fourth-order valence-electron chi connectivity index (χ4n) is 3.68. The first kappa shape index (κ1) is 25.4. The minimum atomic E-state index is -0.566. The Balaban J connectivity index is 1.42. The van der Waals surface area contributed by atoms with Crippen LogP contribution in [0.4, 0.5) is 22.2 Å². The summed E-state index contributed by atoms with van der Waals surface area (Å²) in [5.41, 5.74) is 1.76. The molecular formula is C23H24N6O5S2. The van der Waals surface area contributed by atoms with Crippen molar-refractivity contribution in [3.05, 3.63) is 52.1 Å². The van der Waals surface area contributed by atoms with Crippen molar-refractivity contribution < 1.29 is 19.2 Å². The van der Waals surface area contributed by atoms with E-state index in [2.05, 4.69) is 20.9 Å². The van der Waals surface area contributed by atoms with Crippen LogP contribution in [0.3, 0.4) is 0 Å². The minimum absolute atomic E-state index is 0.0419. The molecule has 2 amide bonds. The molecule has 4 rings (SSSR count). The van der Waals surface area contributed by atoms with Crippen molar-refractivity contribution in [2.75, 3.05) is 41.8 Å². The Hall–Kier alpha value is -3.68. The summed E-state index contributed by atoms with van der Waals surface area (Å²) in [5.74, 6) is -0.652. The van der Waals surface area contributed by atoms with Crippen LogP contribution in [0.25, 0.3) is 10.2 Å². The largest absolute Gasteiger partial charge is 0.378 e. The molecule has 3 N–H and O–H groups in total. The van der Waals surface area contributed by atoms with E-state index >= 15 is 0 Å². The molecule has 3 aromatic rings. The highest BCUT2D eigenvalue weighted by atomic mass is 32.1. The molecule has 1 aliphatic rings. The lowest BCUT2D eigenvalue weighted by Gasteiger charge is -2.28. The lowest BCUT2D eigenvalue weighted by Crippen LogP contribution is -2.37. The summed E-state index contributed by atoms with van der Waals surface area (Å²) < 4.78 is 6.14. The molecule has 13 heteroatoms. The Morgan fingerprint density at radius 1 is 1.19 bits per heavy atom. The van der Waals surface area contributed by atoms with Gasteiger partial charge in [-0.3, -0.25) is 25.0 Å². The number of ether oxygens (including phenoxy) is 1. The van der Waals surface area contributed by atoms with Crippen LogP contribution in [0, 0.1) is 10.1 Å². The van der Waals surface area contributed by atoms with E-state index in [-0.39, 0.29) is 22.3 Å². The van der Waals surface area contributed by atoms with Crippen molar-refractivity contribution in [1.82, 2.24) is 10.3 Å². The Bertz CT molecular complexity index is 1320. The first-order valence-electron chi connectivity index (χ1n) is 11.3. The molecule has 188 valence electrons. The monoisotopic (exact) mass is 528 g/mol. The second-order valence-corrected chi connectivity index (χ2v) is 9.41. The van der Waals surface area contributed by atoms with Gasteiger partial charge >= 0.3 is 0 Å². The van der Waals surface area contributed by atoms with Crippen LogP contribution in [-0.4, -0.2) is 53.1 Å². The minimum Gasteiger partial charge on any atom is -0.378 e. The summed E-state index contributed by atoms with van der Waals surface area (Å²) >= 11 is 6.60. The zero-order chi connectivity index (χ0) is 25.7. The van der Waals surface area contributed by atoms with Gasteiger partial charge in [0.2, 0.25) is 5.91 Å². The highest BCUT2D eigenvalue weighted by Crippen LogP contribution is 2.30. The molecule has 1 aromatic heterocycles. The van der Waals surface area contributed by atoms with E-state index in [4.69, 9.17) is 17.0 Å². The van der Waals surface area contributed by atoms with Gasteiger partial charge in [0.1, 0.15) is 5.69 Å². The van der Waals surface area contributed by atoms with Crippen molar-refractivity contribution in [2.45, 2.75) is 19.8 Å². The van der Waals surface area contributed by atoms with Crippen LogP contribution in [0.1, 0.15) is 30.1 Å². The standard InChI is InChI=1S/C23H24N6O5S2/c1-2-3-20(30)26-23-25-16-6-5-15(13-19(16)36-23)24-22(35)27-21(31)14-4-7-17(18(12-14)29(32)33)28-8-10-34-11-9-28/h4-7,12-13H,2-3,8-11H2,1H3,(H,25,26,30)(H2,24,27,31,35). The number of hydrogen-bond acceptors (Lipinski definition) is 9. The van der Waals surface area contributed by atoms with Crippen molar-refractivity contribution in [3.8, 4) is 0 Å². The molecule has 2 aromatic carbocycles. The van der Waals surface area contributed by atoms with E-state index in [0.29, 0.717) is 49.2 Å². The van der Waals surface area contributed by atoms with E-state index in [1.165, 1.54) is 23.5 Å². The quantitative estimate of drug-likeness (QED) is 0.237. The number of carbonyl (C=O) groups excluding carboxylic acids is 2. The average molecular weight is 529 g/mol. The van der Waals surface area contributed by atoms with Crippen LogP contribution < -0.4 is 20.9 Å². The zero-order valence-corrected chi connectivity index (χ0v) is 21.0. The number of aromatic nitrogens is 1. The highest BCUT2D eigenvalue weighted by molar-refractivity contribution is 7.80. The Labute approximate surface area is 216 Å². The number of carbonyl (C=O) groups is 2. The van der Waals surface area contributed by atoms with Gasteiger partial charge in [0.15, 0.2) is 10.2 Å². The van der Waals surface area contributed by atoms with Gasteiger partial charge < -0.3 is 20.3 Å². The third-order valence-corrected chi connectivity index (χ3v) is 6.52. The lowest BCUT2D eigenvalue weighted by molar-refractivity contribution is -0.384. The molecule has 1 fully saturated rings. The molecule has 0 atom stereocenters. The van der Waals surface area contributed by atoms with Crippen LogP contribution >= 0.6 is 23.6 Å². The molecule has 1 aliphatic heterocycles. The number of thiazole rings is 1. The van der Waals surface area contributed by atoms with E-state index < -0.39 is 10.8 Å². The van der Waals surface area contributed by atoms with Crippen molar-refractivity contribution >= 4 is 72.9 Å². The smallest absolute Gasteiger partial charge is 0.293 e. The fraction of sp³-hybridized carbons (Fsp3) is 0.304. The molecule has 0 saturated carbocycles. The van der Waals surface area contributed by atoms with Crippen LogP contribution in [0.5, 0.6) is 0 Å². The number of benzene rings is 2. The molecule has 0 unspecified atom stereocenters. The van der Waals surface area contributed by atoms with Crippen LogP contribution in [0.2, 0.25) is 0 Å². The van der Waals surface area contributed by atoms with Gasteiger partial charge in [-0.25, -0.2) is 4.98 Å². The predicted octanol–water partition coefficient (Wildman–Crippen LogP) is 3.91. The highest BCUT2D eigenvalue weighted by Gasteiger charge is 2.23. The van der Waals surface area contributed by atoms with Gasteiger partial charge in [0, 0.05) is 36.8 Å².